The molecule has 0 aromatic rings. The standard InChI is InChI=1S/C10H20N2O2/c1-3-14-12-10-8-6-4-5-7-9-11-13-2/h9-10H,3-8H2,1-2H3. The van der Waals surface area contributed by atoms with Gasteiger partial charge < -0.3 is 9.68 Å². The van der Waals surface area contributed by atoms with Crippen LogP contribution in [0, 0.1) is 0 Å². The van der Waals surface area contributed by atoms with E-state index in [2.05, 4.69) is 15.1 Å². The lowest BCUT2D eigenvalue weighted by molar-refractivity contribution is 0.160. The van der Waals surface area contributed by atoms with Gasteiger partial charge in [0.05, 0.1) is 0 Å². The molecule has 0 rings (SSSR count). The van der Waals surface area contributed by atoms with E-state index < -0.39 is 0 Å². The highest BCUT2D eigenvalue weighted by Gasteiger charge is 1.86. The van der Waals surface area contributed by atoms with E-state index in [1.807, 2.05) is 13.1 Å². The van der Waals surface area contributed by atoms with Crippen molar-refractivity contribution in [1.29, 1.82) is 0 Å². The minimum Gasteiger partial charge on any atom is -0.399 e. The van der Waals surface area contributed by atoms with Crippen LogP contribution in [0.4, 0.5) is 0 Å². The smallest absolute Gasteiger partial charge is 0.114 e. The zero-order chi connectivity index (χ0) is 10.5. The molecule has 0 saturated heterocycles. The molecule has 14 heavy (non-hydrogen) atoms. The number of unbranched alkanes of at least 4 members (excludes halogenated alkanes) is 4. The van der Waals surface area contributed by atoms with Crippen molar-refractivity contribution in [2.45, 2.75) is 39.0 Å². The molecule has 0 spiro atoms. The first-order chi connectivity index (χ1) is 6.91. The lowest BCUT2D eigenvalue weighted by atomic mass is 10.2. The first-order valence-corrected chi connectivity index (χ1v) is 5.10. The summed E-state index contributed by atoms with van der Waals surface area (Å²) in [5, 5.41) is 7.42. The molecule has 0 aliphatic carbocycles. The van der Waals surface area contributed by atoms with Crippen molar-refractivity contribution in [2.24, 2.45) is 10.3 Å². The molecule has 4 nitrogen and oxygen atoms in total. The van der Waals surface area contributed by atoms with Crippen molar-refractivity contribution in [3.8, 4) is 0 Å². The van der Waals surface area contributed by atoms with Crippen molar-refractivity contribution in [3.63, 3.8) is 0 Å². The summed E-state index contributed by atoms with van der Waals surface area (Å²) in [5.41, 5.74) is 0. The van der Waals surface area contributed by atoms with E-state index in [1.54, 1.807) is 13.3 Å². The second kappa shape index (κ2) is 11.9. The summed E-state index contributed by atoms with van der Waals surface area (Å²) in [6.45, 7) is 2.57. The Morgan fingerprint density at radius 3 is 2.21 bits per heavy atom. The van der Waals surface area contributed by atoms with E-state index in [0.717, 1.165) is 25.7 Å². The first-order valence-electron chi connectivity index (χ1n) is 5.10. The van der Waals surface area contributed by atoms with Crippen LogP contribution >= 0.6 is 0 Å². The van der Waals surface area contributed by atoms with E-state index >= 15 is 0 Å². The highest BCUT2D eigenvalue weighted by atomic mass is 16.6. The van der Waals surface area contributed by atoms with Gasteiger partial charge >= 0.3 is 0 Å². The topological polar surface area (TPSA) is 43.2 Å². The van der Waals surface area contributed by atoms with E-state index in [9.17, 15) is 0 Å². The Morgan fingerprint density at radius 1 is 1.00 bits per heavy atom. The second-order valence-electron chi connectivity index (χ2n) is 2.81. The van der Waals surface area contributed by atoms with Gasteiger partial charge in [0.25, 0.3) is 0 Å². The van der Waals surface area contributed by atoms with Gasteiger partial charge in [-0.1, -0.05) is 16.7 Å². The highest BCUT2D eigenvalue weighted by molar-refractivity contribution is 5.56. The number of hydrogen-bond donors (Lipinski definition) is 0. The third-order valence-corrected chi connectivity index (χ3v) is 1.62. The molecule has 0 bridgehead atoms. The monoisotopic (exact) mass is 200 g/mol. The largest absolute Gasteiger partial charge is 0.399 e. The van der Waals surface area contributed by atoms with Gasteiger partial charge in [-0.05, 0) is 32.6 Å². The summed E-state index contributed by atoms with van der Waals surface area (Å²) >= 11 is 0. The maximum Gasteiger partial charge on any atom is 0.114 e. The van der Waals surface area contributed by atoms with Crippen LogP contribution in [0.25, 0.3) is 0 Å². The Balaban J connectivity index is 3.02. The number of nitrogens with zero attached hydrogens (tertiary/aromatic N) is 2. The average Bonchev–Trinajstić information content (AvgIpc) is 2.21. The molecule has 0 aromatic heterocycles. The molecular formula is C10H20N2O2. The Kier molecular flexibility index (Phi) is 11.0. The first kappa shape index (κ1) is 12.9. The van der Waals surface area contributed by atoms with Crippen LogP contribution in [0.3, 0.4) is 0 Å². The van der Waals surface area contributed by atoms with Gasteiger partial charge in [0.15, 0.2) is 0 Å². The zero-order valence-electron chi connectivity index (χ0n) is 9.11. The third-order valence-electron chi connectivity index (χ3n) is 1.62. The van der Waals surface area contributed by atoms with Gasteiger partial charge in [0, 0.05) is 12.4 Å². The van der Waals surface area contributed by atoms with Gasteiger partial charge in [-0.25, -0.2) is 0 Å². The van der Waals surface area contributed by atoms with Crippen LogP contribution in [0.15, 0.2) is 10.3 Å². The van der Waals surface area contributed by atoms with E-state index in [0.29, 0.717) is 6.61 Å². The van der Waals surface area contributed by atoms with Gasteiger partial charge in [0.1, 0.15) is 13.7 Å². The third kappa shape index (κ3) is 10.9. The average molecular weight is 200 g/mol. The molecule has 82 valence electrons. The fraction of sp³-hybridized carbons (Fsp3) is 0.800. The van der Waals surface area contributed by atoms with Crippen LogP contribution in [-0.4, -0.2) is 26.1 Å². The SMILES string of the molecule is CCON=CCCCCCC=NOC. The minimum absolute atomic E-state index is 0.643. The van der Waals surface area contributed by atoms with Crippen molar-refractivity contribution in [1.82, 2.24) is 0 Å². The second-order valence-corrected chi connectivity index (χ2v) is 2.81. The molecule has 0 atom stereocenters. The van der Waals surface area contributed by atoms with Gasteiger partial charge in [-0.3, -0.25) is 0 Å². The van der Waals surface area contributed by atoms with Crippen LogP contribution in [-0.2, 0) is 9.68 Å². The van der Waals surface area contributed by atoms with Crippen molar-refractivity contribution >= 4 is 12.4 Å². The zero-order valence-corrected chi connectivity index (χ0v) is 9.11. The van der Waals surface area contributed by atoms with Crippen LogP contribution in [0.2, 0.25) is 0 Å². The number of rotatable bonds is 9. The Hall–Kier alpha value is -1.06. The predicted octanol–water partition coefficient (Wildman–Crippen LogP) is 2.59. The van der Waals surface area contributed by atoms with Crippen LogP contribution in [0.5, 0.6) is 0 Å². The summed E-state index contributed by atoms with van der Waals surface area (Å²) in [7, 11) is 1.56. The maximum absolute atomic E-state index is 4.82. The molecule has 0 unspecified atom stereocenters. The highest BCUT2D eigenvalue weighted by Crippen LogP contribution is 2.00. The van der Waals surface area contributed by atoms with Gasteiger partial charge in [0.2, 0.25) is 0 Å². The molecular weight excluding hydrogens is 180 g/mol. The lowest BCUT2D eigenvalue weighted by Gasteiger charge is -1.94. The van der Waals surface area contributed by atoms with Crippen molar-refractivity contribution in [2.75, 3.05) is 13.7 Å². The summed E-state index contributed by atoms with van der Waals surface area (Å²) < 4.78 is 0. The van der Waals surface area contributed by atoms with Crippen LogP contribution in [0.1, 0.15) is 39.0 Å². The molecule has 0 aromatic carbocycles. The Labute approximate surface area is 85.9 Å². The summed E-state index contributed by atoms with van der Waals surface area (Å²) in [5.74, 6) is 0. The molecule has 0 aliphatic rings. The Bertz CT molecular complexity index is 158. The van der Waals surface area contributed by atoms with E-state index in [4.69, 9.17) is 4.84 Å². The van der Waals surface area contributed by atoms with Crippen molar-refractivity contribution in [3.05, 3.63) is 0 Å². The molecule has 0 aliphatic heterocycles. The molecule has 0 radical (unpaired) electrons. The lowest BCUT2D eigenvalue weighted by Crippen LogP contribution is -1.84. The number of oxime groups is 2. The quantitative estimate of drug-likeness (QED) is 0.326. The molecule has 0 fully saturated rings. The minimum atomic E-state index is 0.643. The fourth-order valence-corrected chi connectivity index (χ4v) is 0.955. The molecule has 0 amide bonds. The van der Waals surface area contributed by atoms with E-state index in [-0.39, 0.29) is 0 Å². The summed E-state index contributed by atoms with van der Waals surface area (Å²) in [4.78, 5) is 9.37. The van der Waals surface area contributed by atoms with E-state index in [1.165, 1.54) is 6.42 Å². The van der Waals surface area contributed by atoms with Gasteiger partial charge in [-0.15, -0.1) is 0 Å². The molecule has 0 heterocycles. The number of hydrogen-bond acceptors (Lipinski definition) is 4. The summed E-state index contributed by atoms with van der Waals surface area (Å²) in [6.07, 6.45) is 9.08. The van der Waals surface area contributed by atoms with Crippen LogP contribution < -0.4 is 0 Å². The van der Waals surface area contributed by atoms with Crippen molar-refractivity contribution < 1.29 is 9.68 Å². The molecule has 4 heteroatoms. The normalized spacial score (nSPS) is 11.3. The molecule has 0 saturated carbocycles. The molecule has 0 N–H and O–H groups in total. The van der Waals surface area contributed by atoms with Gasteiger partial charge in [-0.2, -0.15) is 0 Å². The summed E-state index contributed by atoms with van der Waals surface area (Å²) in [6, 6.07) is 0. The maximum atomic E-state index is 4.82. The Morgan fingerprint density at radius 2 is 1.64 bits per heavy atom. The predicted molar refractivity (Wildman–Crippen MR) is 58.7 cm³/mol. The fourth-order valence-electron chi connectivity index (χ4n) is 0.955.